The number of amides is 1. The zero-order valence-corrected chi connectivity index (χ0v) is 21.1. The highest BCUT2D eigenvalue weighted by Crippen LogP contribution is 2.31. The largest absolute Gasteiger partial charge is 0.416 e. The molecule has 2 aromatic carbocycles. The molecule has 192 valence electrons. The normalized spacial score (nSPS) is 12.4. The van der Waals surface area contributed by atoms with Crippen LogP contribution < -0.4 is 10.9 Å². The monoisotopic (exact) mass is 527 g/mol. The first-order valence-electron chi connectivity index (χ1n) is 11.1. The quantitative estimate of drug-likeness (QED) is 0.375. The highest BCUT2D eigenvalue weighted by Gasteiger charge is 2.31. The van der Waals surface area contributed by atoms with E-state index in [1.165, 1.54) is 18.2 Å². The zero-order valence-electron chi connectivity index (χ0n) is 20.3. The van der Waals surface area contributed by atoms with Crippen molar-refractivity contribution in [3.05, 3.63) is 99.6 Å². The van der Waals surface area contributed by atoms with E-state index in [1.54, 1.807) is 49.3 Å². The standard InChI is InChI=1S/C26H24F3N5O2S/c1-16-21(23-11-12-32-33(23)2)14-22(24(35)31-15-17-7-9-20(10-8-17)37(3)30)25(36)34(16)19-6-4-5-18(13-19)26(27,28)29/h4-14,30H,15H2,1-3H3,(H,31,35). The van der Waals surface area contributed by atoms with Crippen LogP contribution in [0.15, 0.2) is 76.6 Å². The highest BCUT2D eigenvalue weighted by atomic mass is 32.2. The molecule has 4 rings (SSSR count). The van der Waals surface area contributed by atoms with Crippen LogP contribution in [0.3, 0.4) is 0 Å². The SMILES string of the molecule is Cc1c(-c2ccnn2C)cc(C(=O)NCc2ccc(S(C)=N)cc2)c(=O)n1-c1cccc(C(F)(F)F)c1. The van der Waals surface area contributed by atoms with Crippen molar-refractivity contribution in [3.8, 4) is 16.9 Å². The van der Waals surface area contributed by atoms with Gasteiger partial charge in [-0.25, -0.2) is 0 Å². The molecule has 0 aliphatic rings. The van der Waals surface area contributed by atoms with E-state index >= 15 is 0 Å². The maximum Gasteiger partial charge on any atom is 0.416 e. The molecule has 0 bridgehead atoms. The molecule has 0 aliphatic carbocycles. The first kappa shape index (κ1) is 26.1. The van der Waals surface area contributed by atoms with Crippen molar-refractivity contribution in [1.82, 2.24) is 19.7 Å². The van der Waals surface area contributed by atoms with E-state index in [0.717, 1.165) is 27.2 Å². The van der Waals surface area contributed by atoms with Gasteiger partial charge in [0.1, 0.15) is 5.56 Å². The number of benzene rings is 2. The average molecular weight is 528 g/mol. The van der Waals surface area contributed by atoms with E-state index in [2.05, 4.69) is 10.4 Å². The van der Waals surface area contributed by atoms with Crippen molar-refractivity contribution < 1.29 is 18.0 Å². The fourth-order valence-electron chi connectivity index (χ4n) is 3.99. The number of nitrogens with one attached hydrogen (secondary N) is 2. The van der Waals surface area contributed by atoms with Crippen LogP contribution in [0, 0.1) is 11.7 Å². The Kier molecular flexibility index (Phi) is 7.17. The molecule has 0 aliphatic heterocycles. The summed E-state index contributed by atoms with van der Waals surface area (Å²) in [5, 5.41) is 6.87. The van der Waals surface area contributed by atoms with Gasteiger partial charge in [0, 0.05) is 41.6 Å². The van der Waals surface area contributed by atoms with Gasteiger partial charge in [0.05, 0.1) is 11.3 Å². The molecule has 1 atom stereocenters. The molecule has 2 aromatic heterocycles. The van der Waals surface area contributed by atoms with Crippen molar-refractivity contribution in [2.75, 3.05) is 6.26 Å². The predicted molar refractivity (Wildman–Crippen MR) is 136 cm³/mol. The fourth-order valence-corrected chi connectivity index (χ4v) is 4.53. The number of pyridine rings is 1. The third-order valence-corrected chi connectivity index (χ3v) is 6.93. The summed E-state index contributed by atoms with van der Waals surface area (Å²) in [5.41, 5.74) is 0.364. The molecule has 0 fully saturated rings. The summed E-state index contributed by atoms with van der Waals surface area (Å²) in [6, 6.07) is 14.8. The lowest BCUT2D eigenvalue weighted by Gasteiger charge is -2.18. The smallest absolute Gasteiger partial charge is 0.348 e. The molecule has 0 spiro atoms. The molecule has 4 aromatic rings. The van der Waals surface area contributed by atoms with Crippen LogP contribution in [0.4, 0.5) is 13.2 Å². The molecule has 37 heavy (non-hydrogen) atoms. The molecule has 2 N–H and O–H groups in total. The van der Waals surface area contributed by atoms with Gasteiger partial charge in [0.2, 0.25) is 0 Å². The Morgan fingerprint density at radius 3 is 2.41 bits per heavy atom. The molecule has 1 unspecified atom stereocenters. The number of aryl methyl sites for hydroxylation is 1. The maximum atomic E-state index is 13.5. The predicted octanol–water partition coefficient (Wildman–Crippen LogP) is 4.86. The number of rotatable bonds is 6. The van der Waals surface area contributed by atoms with Crippen LogP contribution >= 0.6 is 0 Å². The molecule has 0 saturated heterocycles. The van der Waals surface area contributed by atoms with Crippen molar-refractivity contribution in [3.63, 3.8) is 0 Å². The summed E-state index contributed by atoms with van der Waals surface area (Å²) < 4.78 is 50.7. The number of halogens is 3. The molecule has 11 heteroatoms. The molecule has 1 amide bonds. The highest BCUT2D eigenvalue weighted by molar-refractivity contribution is 7.85. The lowest BCUT2D eigenvalue weighted by Crippen LogP contribution is -2.33. The van der Waals surface area contributed by atoms with Gasteiger partial charge in [-0.1, -0.05) is 28.9 Å². The Labute approximate surface area is 213 Å². The van der Waals surface area contributed by atoms with E-state index in [1.807, 2.05) is 12.1 Å². The zero-order chi connectivity index (χ0) is 26.9. The summed E-state index contributed by atoms with van der Waals surface area (Å²) in [4.78, 5) is 27.6. The number of carbonyl (C=O) groups excluding carboxylic acids is 1. The Bertz CT molecular complexity index is 1560. The van der Waals surface area contributed by atoms with Crippen molar-refractivity contribution >= 4 is 16.6 Å². The summed E-state index contributed by atoms with van der Waals surface area (Å²) in [6.45, 7) is 1.74. The van der Waals surface area contributed by atoms with Gasteiger partial charge in [0.15, 0.2) is 0 Å². The van der Waals surface area contributed by atoms with Crippen LogP contribution in [0.1, 0.15) is 27.2 Å². The molecular weight excluding hydrogens is 503 g/mol. The van der Waals surface area contributed by atoms with E-state index in [-0.39, 0.29) is 17.8 Å². The van der Waals surface area contributed by atoms with Crippen LogP contribution in [0.25, 0.3) is 16.9 Å². The summed E-state index contributed by atoms with van der Waals surface area (Å²) in [5.74, 6) is -0.658. The topological polar surface area (TPSA) is 92.8 Å². The average Bonchev–Trinajstić information content (AvgIpc) is 3.28. The Morgan fingerprint density at radius 2 is 1.81 bits per heavy atom. The van der Waals surface area contributed by atoms with Crippen LogP contribution in [0.5, 0.6) is 0 Å². The lowest BCUT2D eigenvalue weighted by molar-refractivity contribution is -0.137. The van der Waals surface area contributed by atoms with Gasteiger partial charge in [-0.3, -0.25) is 23.6 Å². The lowest BCUT2D eigenvalue weighted by atomic mass is 10.1. The first-order valence-corrected chi connectivity index (χ1v) is 12.8. The first-order chi connectivity index (χ1) is 17.5. The second-order valence-corrected chi connectivity index (χ2v) is 9.91. The third kappa shape index (κ3) is 5.41. The fraction of sp³-hybridized carbons (Fsp3) is 0.192. The minimum Gasteiger partial charge on any atom is -0.348 e. The van der Waals surface area contributed by atoms with E-state index in [9.17, 15) is 22.8 Å². The minimum atomic E-state index is -4.60. The van der Waals surface area contributed by atoms with Gasteiger partial charge in [-0.05, 0) is 61.2 Å². The van der Waals surface area contributed by atoms with Gasteiger partial charge in [-0.15, -0.1) is 0 Å². The third-order valence-electron chi connectivity index (χ3n) is 5.95. The van der Waals surface area contributed by atoms with Crippen LogP contribution in [0.2, 0.25) is 0 Å². The van der Waals surface area contributed by atoms with E-state index < -0.39 is 33.9 Å². The Balaban J connectivity index is 1.79. The van der Waals surface area contributed by atoms with Gasteiger partial charge in [0.25, 0.3) is 11.5 Å². The maximum absolute atomic E-state index is 13.5. The second-order valence-electron chi connectivity index (χ2n) is 8.42. The van der Waals surface area contributed by atoms with Crippen molar-refractivity contribution in [2.24, 2.45) is 7.05 Å². The van der Waals surface area contributed by atoms with E-state index in [0.29, 0.717) is 17.0 Å². The van der Waals surface area contributed by atoms with Crippen LogP contribution in [-0.4, -0.2) is 26.5 Å². The van der Waals surface area contributed by atoms with Crippen molar-refractivity contribution in [2.45, 2.75) is 24.5 Å². The Hall–Kier alpha value is -3.99. The number of hydrogen-bond acceptors (Lipinski definition) is 4. The number of alkyl halides is 3. The van der Waals surface area contributed by atoms with Gasteiger partial charge in [-0.2, -0.15) is 18.3 Å². The van der Waals surface area contributed by atoms with Crippen LogP contribution in [-0.2, 0) is 30.5 Å². The van der Waals surface area contributed by atoms with Crippen molar-refractivity contribution in [1.29, 1.82) is 4.78 Å². The van der Waals surface area contributed by atoms with Gasteiger partial charge >= 0.3 is 6.18 Å². The number of aromatic nitrogens is 3. The van der Waals surface area contributed by atoms with Gasteiger partial charge < -0.3 is 5.32 Å². The molecule has 0 saturated carbocycles. The number of nitrogens with zero attached hydrogens (tertiary/aromatic N) is 3. The number of carbonyl (C=O) groups is 1. The molecule has 2 heterocycles. The van der Waals surface area contributed by atoms with E-state index in [4.69, 9.17) is 4.78 Å². The molecule has 7 nitrogen and oxygen atoms in total. The second kappa shape index (κ2) is 10.2. The summed E-state index contributed by atoms with van der Waals surface area (Å²) in [6.07, 6.45) is -1.26. The number of hydrogen-bond donors (Lipinski definition) is 2. The summed E-state index contributed by atoms with van der Waals surface area (Å²) >= 11 is 0. The minimum absolute atomic E-state index is 0.00340. The Morgan fingerprint density at radius 1 is 1.11 bits per heavy atom. The molecular formula is C26H24F3N5O2S. The molecule has 0 radical (unpaired) electrons. The summed E-state index contributed by atoms with van der Waals surface area (Å²) in [7, 11) is 1.05.